The quantitative estimate of drug-likeness (QED) is 0.667. The van der Waals surface area contributed by atoms with Crippen LogP contribution in [0, 0.1) is 0 Å². The molecular weight excluding hydrogens is 360 g/mol. The third kappa shape index (κ3) is 2.04. The SMILES string of the molecule is Oc1ccc2nc(-c3cc(Br)ccc3Br)[nH]c2c1. The molecule has 0 radical (unpaired) electrons. The van der Waals surface area contributed by atoms with Crippen molar-refractivity contribution in [2.75, 3.05) is 0 Å². The number of phenols is 1. The number of aromatic nitrogens is 2. The van der Waals surface area contributed by atoms with Crippen molar-refractivity contribution in [1.29, 1.82) is 0 Å². The van der Waals surface area contributed by atoms with E-state index >= 15 is 0 Å². The minimum Gasteiger partial charge on any atom is -0.508 e. The van der Waals surface area contributed by atoms with Crippen LogP contribution in [0.25, 0.3) is 22.4 Å². The van der Waals surface area contributed by atoms with Gasteiger partial charge in [0.25, 0.3) is 0 Å². The van der Waals surface area contributed by atoms with E-state index in [0.717, 1.165) is 31.4 Å². The highest BCUT2D eigenvalue weighted by Crippen LogP contribution is 2.31. The molecule has 3 nitrogen and oxygen atoms in total. The molecule has 0 aliphatic carbocycles. The highest BCUT2D eigenvalue weighted by Gasteiger charge is 2.09. The van der Waals surface area contributed by atoms with E-state index in [1.54, 1.807) is 18.2 Å². The molecule has 0 saturated carbocycles. The smallest absolute Gasteiger partial charge is 0.139 e. The Labute approximate surface area is 120 Å². The number of benzene rings is 2. The molecule has 0 amide bonds. The summed E-state index contributed by atoms with van der Waals surface area (Å²) in [5.41, 5.74) is 2.62. The number of phenolic OH excluding ortho intramolecular Hbond substituents is 1. The van der Waals surface area contributed by atoms with E-state index in [4.69, 9.17) is 0 Å². The minimum absolute atomic E-state index is 0.228. The Kier molecular flexibility index (Phi) is 2.87. The lowest BCUT2D eigenvalue weighted by Gasteiger charge is -2.01. The predicted octanol–water partition coefficient (Wildman–Crippen LogP) is 4.46. The third-order valence-corrected chi connectivity index (χ3v) is 3.83. The van der Waals surface area contributed by atoms with Crippen molar-refractivity contribution >= 4 is 42.9 Å². The molecule has 5 heteroatoms. The highest BCUT2D eigenvalue weighted by molar-refractivity contribution is 9.11. The van der Waals surface area contributed by atoms with Crippen LogP contribution in [-0.4, -0.2) is 15.1 Å². The lowest BCUT2D eigenvalue weighted by Crippen LogP contribution is -1.82. The lowest BCUT2D eigenvalue weighted by atomic mass is 10.2. The number of fused-ring (bicyclic) bond motifs is 1. The van der Waals surface area contributed by atoms with Gasteiger partial charge in [0.15, 0.2) is 0 Å². The summed E-state index contributed by atoms with van der Waals surface area (Å²) < 4.78 is 1.96. The first-order chi connectivity index (χ1) is 8.63. The van der Waals surface area contributed by atoms with Crippen LogP contribution in [0.5, 0.6) is 5.75 Å². The Bertz CT molecular complexity index is 737. The van der Waals surface area contributed by atoms with Crippen molar-refractivity contribution in [3.63, 3.8) is 0 Å². The van der Waals surface area contributed by atoms with Crippen LogP contribution in [0.1, 0.15) is 0 Å². The summed E-state index contributed by atoms with van der Waals surface area (Å²) in [6, 6.07) is 11.0. The summed E-state index contributed by atoms with van der Waals surface area (Å²) in [5, 5.41) is 9.44. The number of aromatic hydroxyl groups is 1. The summed E-state index contributed by atoms with van der Waals surface area (Å²) >= 11 is 6.96. The zero-order valence-electron chi connectivity index (χ0n) is 9.11. The molecule has 1 aromatic heterocycles. The van der Waals surface area contributed by atoms with Crippen LogP contribution in [0.2, 0.25) is 0 Å². The largest absolute Gasteiger partial charge is 0.508 e. The van der Waals surface area contributed by atoms with Gasteiger partial charge in [0.05, 0.1) is 11.0 Å². The molecular formula is C13H8Br2N2O. The molecule has 3 aromatic rings. The van der Waals surface area contributed by atoms with Crippen molar-refractivity contribution in [2.24, 2.45) is 0 Å². The first-order valence-corrected chi connectivity index (χ1v) is 6.86. The van der Waals surface area contributed by atoms with Crippen molar-refractivity contribution in [2.45, 2.75) is 0 Å². The van der Waals surface area contributed by atoms with Gasteiger partial charge in [0, 0.05) is 20.6 Å². The predicted molar refractivity (Wildman–Crippen MR) is 78.6 cm³/mol. The Morgan fingerprint density at radius 2 is 1.89 bits per heavy atom. The Morgan fingerprint density at radius 3 is 2.72 bits per heavy atom. The van der Waals surface area contributed by atoms with Gasteiger partial charge in [-0.2, -0.15) is 0 Å². The van der Waals surface area contributed by atoms with E-state index in [2.05, 4.69) is 41.8 Å². The van der Waals surface area contributed by atoms with Gasteiger partial charge in [-0.05, 0) is 30.3 Å². The van der Waals surface area contributed by atoms with Crippen LogP contribution >= 0.6 is 31.9 Å². The maximum Gasteiger partial charge on any atom is 0.139 e. The molecule has 0 saturated heterocycles. The van der Waals surface area contributed by atoms with Gasteiger partial charge < -0.3 is 10.1 Å². The van der Waals surface area contributed by atoms with E-state index < -0.39 is 0 Å². The van der Waals surface area contributed by atoms with Crippen LogP contribution in [0.15, 0.2) is 45.3 Å². The number of halogens is 2. The zero-order chi connectivity index (χ0) is 12.7. The van der Waals surface area contributed by atoms with Crippen LogP contribution in [0.4, 0.5) is 0 Å². The molecule has 0 atom stereocenters. The number of aromatic amines is 1. The average molecular weight is 368 g/mol. The van der Waals surface area contributed by atoms with Crippen LogP contribution in [-0.2, 0) is 0 Å². The van der Waals surface area contributed by atoms with Crippen molar-refractivity contribution in [1.82, 2.24) is 9.97 Å². The fraction of sp³-hybridized carbons (Fsp3) is 0. The molecule has 0 aliphatic heterocycles. The van der Waals surface area contributed by atoms with Gasteiger partial charge in [-0.1, -0.05) is 31.9 Å². The number of hydrogen-bond acceptors (Lipinski definition) is 2. The standard InChI is InChI=1S/C13H8Br2N2O/c14-7-1-3-10(15)9(5-7)13-16-11-4-2-8(18)6-12(11)17-13/h1-6,18H,(H,16,17). The molecule has 2 aromatic carbocycles. The highest BCUT2D eigenvalue weighted by atomic mass is 79.9. The summed E-state index contributed by atoms with van der Waals surface area (Å²) in [5.74, 6) is 0.995. The van der Waals surface area contributed by atoms with Crippen LogP contribution < -0.4 is 0 Å². The molecule has 3 rings (SSSR count). The monoisotopic (exact) mass is 366 g/mol. The second kappa shape index (κ2) is 4.40. The molecule has 0 spiro atoms. The molecule has 0 fully saturated rings. The molecule has 0 aliphatic rings. The fourth-order valence-corrected chi connectivity index (χ4v) is 2.60. The molecule has 2 N–H and O–H groups in total. The summed E-state index contributed by atoms with van der Waals surface area (Å²) in [7, 11) is 0. The first-order valence-electron chi connectivity index (χ1n) is 5.27. The van der Waals surface area contributed by atoms with E-state index in [1.807, 2.05) is 18.2 Å². The van der Waals surface area contributed by atoms with Gasteiger partial charge in [-0.3, -0.25) is 0 Å². The second-order valence-corrected chi connectivity index (χ2v) is 5.68. The van der Waals surface area contributed by atoms with E-state index in [1.165, 1.54) is 0 Å². The lowest BCUT2D eigenvalue weighted by molar-refractivity contribution is 0.476. The van der Waals surface area contributed by atoms with Crippen molar-refractivity contribution < 1.29 is 5.11 Å². The third-order valence-electron chi connectivity index (χ3n) is 2.65. The number of H-pyrrole nitrogens is 1. The maximum atomic E-state index is 9.44. The van der Waals surface area contributed by atoms with E-state index in [9.17, 15) is 5.11 Å². The summed E-state index contributed by atoms with van der Waals surface area (Å²) in [6.07, 6.45) is 0. The normalized spacial score (nSPS) is 11.0. The summed E-state index contributed by atoms with van der Waals surface area (Å²) in [6.45, 7) is 0. The Morgan fingerprint density at radius 1 is 1.06 bits per heavy atom. The number of nitrogens with one attached hydrogen (secondary N) is 1. The maximum absolute atomic E-state index is 9.44. The summed E-state index contributed by atoms with van der Waals surface area (Å²) in [4.78, 5) is 7.71. The van der Waals surface area contributed by atoms with Crippen LogP contribution in [0.3, 0.4) is 0 Å². The van der Waals surface area contributed by atoms with Crippen molar-refractivity contribution in [3.05, 3.63) is 45.3 Å². The molecule has 0 bridgehead atoms. The topological polar surface area (TPSA) is 48.9 Å². The number of hydrogen-bond donors (Lipinski definition) is 2. The van der Waals surface area contributed by atoms with E-state index in [0.29, 0.717) is 0 Å². The molecule has 90 valence electrons. The number of imidazole rings is 1. The van der Waals surface area contributed by atoms with Crippen molar-refractivity contribution in [3.8, 4) is 17.1 Å². The molecule has 18 heavy (non-hydrogen) atoms. The minimum atomic E-state index is 0.228. The van der Waals surface area contributed by atoms with E-state index in [-0.39, 0.29) is 5.75 Å². The molecule has 1 heterocycles. The fourth-order valence-electron chi connectivity index (χ4n) is 1.80. The Hall–Kier alpha value is -1.33. The molecule has 0 unspecified atom stereocenters. The zero-order valence-corrected chi connectivity index (χ0v) is 12.3. The number of rotatable bonds is 1. The van der Waals surface area contributed by atoms with Gasteiger partial charge >= 0.3 is 0 Å². The number of nitrogens with zero attached hydrogens (tertiary/aromatic N) is 1. The van der Waals surface area contributed by atoms with Gasteiger partial charge in [0.2, 0.25) is 0 Å². The first kappa shape index (κ1) is 11.7. The van der Waals surface area contributed by atoms with Gasteiger partial charge in [-0.15, -0.1) is 0 Å². The Balaban J connectivity index is 2.22. The average Bonchev–Trinajstić information content (AvgIpc) is 2.74. The van der Waals surface area contributed by atoms with Gasteiger partial charge in [0.1, 0.15) is 11.6 Å². The second-order valence-electron chi connectivity index (χ2n) is 3.91. The van der Waals surface area contributed by atoms with Gasteiger partial charge in [-0.25, -0.2) is 4.98 Å².